The van der Waals surface area contributed by atoms with Crippen molar-refractivity contribution < 1.29 is 39.3 Å². The van der Waals surface area contributed by atoms with Gasteiger partial charge in [-0.1, -0.05) is 0 Å². The van der Waals surface area contributed by atoms with E-state index in [2.05, 4.69) is 5.32 Å². The van der Waals surface area contributed by atoms with Gasteiger partial charge in [-0.15, -0.1) is 0 Å². The first-order valence-electron chi connectivity index (χ1n) is 9.89. The molecule has 168 valence electrons. The van der Waals surface area contributed by atoms with Crippen molar-refractivity contribution in [3.8, 4) is 0 Å². The van der Waals surface area contributed by atoms with Gasteiger partial charge in [-0.05, 0) is 32.1 Å². The second-order valence-corrected chi connectivity index (χ2v) is 7.50. The molecule has 0 bridgehead atoms. The Balaban J connectivity index is 2.01. The van der Waals surface area contributed by atoms with Crippen LogP contribution in [0.3, 0.4) is 0 Å². The second-order valence-electron chi connectivity index (χ2n) is 7.50. The molecule has 30 heavy (non-hydrogen) atoms. The number of carboxylic acid groups (broad SMARTS) is 2. The number of aliphatic hydroxyl groups is 1. The molecule has 0 aliphatic carbocycles. The van der Waals surface area contributed by atoms with E-state index in [1.807, 2.05) is 0 Å². The first-order chi connectivity index (χ1) is 14.2. The van der Waals surface area contributed by atoms with Crippen molar-refractivity contribution in [3.05, 3.63) is 0 Å². The molecular formula is C18H28N4O8. The molecule has 4 atom stereocenters. The number of nitrogens with zero attached hydrogens (tertiary/aromatic N) is 2. The number of likely N-dealkylation sites (tertiary alicyclic amines) is 2. The maximum absolute atomic E-state index is 12.7. The zero-order valence-electron chi connectivity index (χ0n) is 16.5. The highest BCUT2D eigenvalue weighted by molar-refractivity contribution is 5.94. The van der Waals surface area contributed by atoms with E-state index in [0.717, 1.165) is 4.90 Å². The number of hydrogen-bond donors (Lipinski definition) is 5. The summed E-state index contributed by atoms with van der Waals surface area (Å²) < 4.78 is 0. The predicted octanol–water partition coefficient (Wildman–Crippen LogP) is -2.28. The van der Waals surface area contributed by atoms with Crippen LogP contribution in [0.4, 0.5) is 0 Å². The van der Waals surface area contributed by atoms with Gasteiger partial charge in [-0.2, -0.15) is 0 Å². The Labute approximate surface area is 173 Å². The number of nitrogens with two attached hydrogens (primary N) is 1. The van der Waals surface area contributed by atoms with Gasteiger partial charge in [0.15, 0.2) is 0 Å². The molecule has 0 radical (unpaired) electrons. The minimum absolute atomic E-state index is 0.0672. The Bertz CT molecular complexity index is 700. The number of amides is 3. The van der Waals surface area contributed by atoms with Crippen LogP contribution in [0, 0.1) is 0 Å². The molecule has 6 N–H and O–H groups in total. The van der Waals surface area contributed by atoms with Crippen molar-refractivity contribution in [1.29, 1.82) is 0 Å². The molecule has 2 heterocycles. The van der Waals surface area contributed by atoms with Crippen LogP contribution in [0.2, 0.25) is 0 Å². The van der Waals surface area contributed by atoms with Crippen LogP contribution in [0.1, 0.15) is 38.5 Å². The molecule has 12 nitrogen and oxygen atoms in total. The monoisotopic (exact) mass is 428 g/mol. The molecule has 0 aromatic rings. The van der Waals surface area contributed by atoms with Crippen molar-refractivity contribution in [2.45, 2.75) is 62.7 Å². The van der Waals surface area contributed by atoms with Crippen molar-refractivity contribution in [2.75, 3.05) is 19.7 Å². The van der Waals surface area contributed by atoms with Gasteiger partial charge in [0.25, 0.3) is 0 Å². The fourth-order valence-corrected chi connectivity index (χ4v) is 3.86. The van der Waals surface area contributed by atoms with E-state index in [0.29, 0.717) is 25.7 Å². The molecular weight excluding hydrogens is 400 g/mol. The van der Waals surface area contributed by atoms with Crippen molar-refractivity contribution in [1.82, 2.24) is 15.1 Å². The van der Waals surface area contributed by atoms with Gasteiger partial charge in [0, 0.05) is 19.5 Å². The standard InChI is InChI=1S/C18H28N4O8/c19-10(5-6-14(24)25)16(27)21-7-1-3-12(21)15(26)20-11(9-23)17(28)22-8-2-4-13(22)18(29)30/h10-13,23H,1-9,19H2,(H,20,26)(H,24,25)(H,29,30). The first-order valence-corrected chi connectivity index (χ1v) is 9.89. The van der Waals surface area contributed by atoms with Crippen LogP contribution < -0.4 is 11.1 Å². The third kappa shape index (κ3) is 5.45. The molecule has 2 rings (SSSR count). The van der Waals surface area contributed by atoms with Gasteiger partial charge < -0.3 is 36.2 Å². The average molecular weight is 428 g/mol. The quantitative estimate of drug-likeness (QED) is 0.269. The van der Waals surface area contributed by atoms with E-state index in [9.17, 15) is 34.2 Å². The third-order valence-corrected chi connectivity index (χ3v) is 5.44. The number of hydrogen-bond acceptors (Lipinski definition) is 7. The van der Waals surface area contributed by atoms with Gasteiger partial charge in [-0.3, -0.25) is 19.2 Å². The Hall–Kier alpha value is -2.73. The summed E-state index contributed by atoms with van der Waals surface area (Å²) in [5.74, 6) is -4.12. The summed E-state index contributed by atoms with van der Waals surface area (Å²) >= 11 is 0. The van der Waals surface area contributed by atoms with Crippen molar-refractivity contribution in [3.63, 3.8) is 0 Å². The highest BCUT2D eigenvalue weighted by atomic mass is 16.4. The minimum Gasteiger partial charge on any atom is -0.481 e. The van der Waals surface area contributed by atoms with E-state index < -0.39 is 60.4 Å². The molecule has 0 spiro atoms. The van der Waals surface area contributed by atoms with Crippen LogP contribution in [-0.4, -0.2) is 98.6 Å². The number of aliphatic carboxylic acids is 2. The average Bonchev–Trinajstić information content (AvgIpc) is 3.38. The lowest BCUT2D eigenvalue weighted by Crippen LogP contribution is -2.57. The molecule has 12 heteroatoms. The molecule has 0 aromatic carbocycles. The number of rotatable bonds is 9. The molecule has 2 fully saturated rings. The van der Waals surface area contributed by atoms with Gasteiger partial charge in [0.2, 0.25) is 17.7 Å². The number of nitrogens with one attached hydrogen (secondary N) is 1. The predicted molar refractivity (Wildman–Crippen MR) is 101 cm³/mol. The topological polar surface area (TPSA) is 191 Å². The van der Waals surface area contributed by atoms with Crippen LogP contribution in [0.25, 0.3) is 0 Å². The number of carbonyl (C=O) groups is 5. The van der Waals surface area contributed by atoms with E-state index in [4.69, 9.17) is 10.8 Å². The highest BCUT2D eigenvalue weighted by Crippen LogP contribution is 2.21. The Morgan fingerprint density at radius 3 is 2.07 bits per heavy atom. The highest BCUT2D eigenvalue weighted by Gasteiger charge is 2.40. The summed E-state index contributed by atoms with van der Waals surface area (Å²) in [5, 5.41) is 30.0. The Morgan fingerprint density at radius 2 is 1.53 bits per heavy atom. The van der Waals surface area contributed by atoms with Gasteiger partial charge in [0.1, 0.15) is 18.1 Å². The van der Waals surface area contributed by atoms with E-state index >= 15 is 0 Å². The lowest BCUT2D eigenvalue weighted by atomic mass is 10.1. The van der Waals surface area contributed by atoms with Gasteiger partial charge in [0.05, 0.1) is 12.6 Å². The summed E-state index contributed by atoms with van der Waals surface area (Å²) in [7, 11) is 0. The molecule has 0 aromatic heterocycles. The van der Waals surface area contributed by atoms with Crippen molar-refractivity contribution in [2.24, 2.45) is 5.73 Å². The summed E-state index contributed by atoms with van der Waals surface area (Å²) in [6.07, 6.45) is 1.32. The SMILES string of the molecule is NC(CCC(=O)O)C(=O)N1CCCC1C(=O)NC(CO)C(=O)N1CCCC1C(=O)O. The molecule has 3 amide bonds. The number of carboxylic acids is 2. The van der Waals surface area contributed by atoms with E-state index in [1.165, 1.54) is 4.90 Å². The smallest absolute Gasteiger partial charge is 0.326 e. The summed E-state index contributed by atoms with van der Waals surface area (Å²) in [6.45, 7) is -0.233. The Kier molecular flexibility index (Phi) is 8.12. The molecule has 4 unspecified atom stereocenters. The number of aliphatic hydroxyl groups excluding tert-OH is 1. The van der Waals surface area contributed by atoms with E-state index in [1.54, 1.807) is 0 Å². The van der Waals surface area contributed by atoms with E-state index in [-0.39, 0.29) is 25.9 Å². The van der Waals surface area contributed by atoms with Gasteiger partial charge in [-0.25, -0.2) is 4.79 Å². The molecule has 2 saturated heterocycles. The van der Waals surface area contributed by atoms with Crippen LogP contribution in [0.15, 0.2) is 0 Å². The van der Waals surface area contributed by atoms with Crippen molar-refractivity contribution >= 4 is 29.7 Å². The lowest BCUT2D eigenvalue weighted by Gasteiger charge is -2.30. The number of carbonyl (C=O) groups excluding carboxylic acids is 3. The maximum Gasteiger partial charge on any atom is 0.326 e. The molecule has 2 aliphatic heterocycles. The third-order valence-electron chi connectivity index (χ3n) is 5.44. The molecule has 0 saturated carbocycles. The maximum atomic E-state index is 12.7. The minimum atomic E-state index is -1.32. The summed E-state index contributed by atoms with van der Waals surface area (Å²) in [4.78, 5) is 62.2. The lowest BCUT2D eigenvalue weighted by molar-refractivity contribution is -0.150. The zero-order valence-corrected chi connectivity index (χ0v) is 16.5. The largest absolute Gasteiger partial charge is 0.481 e. The zero-order chi connectivity index (χ0) is 22.4. The normalized spacial score (nSPS) is 23.1. The summed E-state index contributed by atoms with van der Waals surface area (Å²) in [5.41, 5.74) is 5.77. The molecule has 2 aliphatic rings. The Morgan fingerprint density at radius 1 is 0.967 bits per heavy atom. The summed E-state index contributed by atoms with van der Waals surface area (Å²) in [6, 6.07) is -4.29. The second kappa shape index (κ2) is 10.3. The van der Waals surface area contributed by atoms with Gasteiger partial charge >= 0.3 is 11.9 Å². The van der Waals surface area contributed by atoms with Crippen LogP contribution in [-0.2, 0) is 24.0 Å². The first kappa shape index (κ1) is 23.5. The van der Waals surface area contributed by atoms with Crippen LogP contribution in [0.5, 0.6) is 0 Å². The fraction of sp³-hybridized carbons (Fsp3) is 0.722. The van der Waals surface area contributed by atoms with Crippen LogP contribution >= 0.6 is 0 Å². The fourth-order valence-electron chi connectivity index (χ4n) is 3.86.